The normalized spacial score (nSPS) is 11.9. The van der Waals surface area contributed by atoms with Crippen LogP contribution in [0.5, 0.6) is 0 Å². The Hall–Kier alpha value is -2.44. The maximum atomic E-state index is 12.8. The maximum absolute atomic E-state index is 12.8. The van der Waals surface area contributed by atoms with Gasteiger partial charge >= 0.3 is 6.03 Å². The highest BCUT2D eigenvalue weighted by molar-refractivity contribution is 5.89. The summed E-state index contributed by atoms with van der Waals surface area (Å²) in [7, 11) is 0. The topological polar surface area (TPSA) is 82.7 Å². The molecule has 2 amide bonds. The molecule has 0 fully saturated rings. The van der Waals surface area contributed by atoms with Gasteiger partial charge < -0.3 is 10.6 Å². The predicted molar refractivity (Wildman–Crippen MR) is 72.7 cm³/mol. The number of amides is 2. The Kier molecular flexibility index (Phi) is 4.29. The Morgan fingerprint density at radius 1 is 1.40 bits per heavy atom. The number of nitrogens with one attached hydrogen (secondary N) is 3. The molecule has 1 heterocycles. The number of hydrogen-bond donors (Lipinski definition) is 3. The number of aromatic amines is 1. The molecule has 0 aliphatic rings. The molecule has 2 rings (SSSR count). The van der Waals surface area contributed by atoms with Gasteiger partial charge in [0.2, 0.25) is 0 Å². The van der Waals surface area contributed by atoms with E-state index in [1.54, 1.807) is 6.92 Å². The van der Waals surface area contributed by atoms with Crippen LogP contribution in [0.3, 0.4) is 0 Å². The van der Waals surface area contributed by atoms with Gasteiger partial charge in [-0.15, -0.1) is 0 Å². The van der Waals surface area contributed by atoms with Crippen molar-refractivity contribution in [2.45, 2.75) is 26.3 Å². The zero-order valence-corrected chi connectivity index (χ0v) is 11.3. The molecular formula is C13H16FN5O. The maximum Gasteiger partial charge on any atom is 0.319 e. The largest absolute Gasteiger partial charge is 0.328 e. The summed E-state index contributed by atoms with van der Waals surface area (Å²) in [5, 5.41) is 12.2. The summed E-state index contributed by atoms with van der Waals surface area (Å²) >= 11 is 0. The molecule has 20 heavy (non-hydrogen) atoms. The number of aromatic nitrogens is 3. The predicted octanol–water partition coefficient (Wildman–Crippen LogP) is 2.53. The van der Waals surface area contributed by atoms with E-state index in [2.05, 4.69) is 25.8 Å². The fourth-order valence-electron chi connectivity index (χ4n) is 1.72. The summed E-state index contributed by atoms with van der Waals surface area (Å²) in [5.74, 6) is 0.886. The number of hydrogen-bond acceptors (Lipinski definition) is 3. The van der Waals surface area contributed by atoms with Gasteiger partial charge in [0.05, 0.1) is 6.04 Å². The van der Waals surface area contributed by atoms with Crippen molar-refractivity contribution in [3.63, 3.8) is 0 Å². The molecule has 1 atom stereocenters. The molecule has 0 saturated heterocycles. The molecule has 0 aliphatic carbocycles. The van der Waals surface area contributed by atoms with Gasteiger partial charge in [0, 0.05) is 5.69 Å². The van der Waals surface area contributed by atoms with E-state index in [4.69, 9.17) is 0 Å². The lowest BCUT2D eigenvalue weighted by molar-refractivity contribution is 0.247. The second kappa shape index (κ2) is 6.14. The van der Waals surface area contributed by atoms with Crippen LogP contribution in [0.25, 0.3) is 0 Å². The van der Waals surface area contributed by atoms with Gasteiger partial charge in [-0.3, -0.25) is 5.10 Å². The van der Waals surface area contributed by atoms with Crippen molar-refractivity contribution in [1.82, 2.24) is 20.5 Å². The van der Waals surface area contributed by atoms with Gasteiger partial charge in [-0.25, -0.2) is 14.2 Å². The van der Waals surface area contributed by atoms with E-state index in [0.29, 0.717) is 23.8 Å². The van der Waals surface area contributed by atoms with Crippen LogP contribution in [0.1, 0.15) is 31.0 Å². The van der Waals surface area contributed by atoms with E-state index in [1.807, 2.05) is 6.92 Å². The van der Waals surface area contributed by atoms with Gasteiger partial charge in [-0.05, 0) is 37.6 Å². The summed E-state index contributed by atoms with van der Waals surface area (Å²) in [5.41, 5.74) is 0.518. The molecule has 2 aromatic rings. The zero-order valence-electron chi connectivity index (χ0n) is 11.3. The lowest BCUT2D eigenvalue weighted by Gasteiger charge is -2.14. The first-order chi connectivity index (χ1) is 9.58. The Bertz CT molecular complexity index is 581. The van der Waals surface area contributed by atoms with Crippen molar-refractivity contribution in [3.05, 3.63) is 41.7 Å². The molecule has 0 saturated carbocycles. The number of aryl methyl sites for hydroxylation is 1. The van der Waals surface area contributed by atoms with Crippen LogP contribution in [-0.4, -0.2) is 21.2 Å². The first-order valence-corrected chi connectivity index (χ1v) is 6.30. The first-order valence-electron chi connectivity index (χ1n) is 6.30. The van der Waals surface area contributed by atoms with Crippen molar-refractivity contribution >= 4 is 11.7 Å². The van der Waals surface area contributed by atoms with Crippen LogP contribution >= 0.6 is 0 Å². The minimum atomic E-state index is -0.383. The third kappa shape index (κ3) is 3.53. The highest BCUT2D eigenvalue weighted by atomic mass is 19.1. The van der Waals surface area contributed by atoms with Crippen molar-refractivity contribution < 1.29 is 9.18 Å². The first kappa shape index (κ1) is 14.0. The second-order valence-electron chi connectivity index (χ2n) is 4.35. The van der Waals surface area contributed by atoms with Crippen LogP contribution in [0.2, 0.25) is 0 Å². The molecule has 7 heteroatoms. The van der Waals surface area contributed by atoms with E-state index < -0.39 is 0 Å². The number of H-pyrrole nitrogens is 1. The number of anilines is 1. The van der Waals surface area contributed by atoms with E-state index >= 15 is 0 Å². The average molecular weight is 277 g/mol. The lowest BCUT2D eigenvalue weighted by Crippen LogP contribution is -2.32. The van der Waals surface area contributed by atoms with Gasteiger partial charge in [-0.1, -0.05) is 6.92 Å². The molecular weight excluding hydrogens is 261 g/mol. The summed E-state index contributed by atoms with van der Waals surface area (Å²) in [6.45, 7) is 3.72. The fourth-order valence-corrected chi connectivity index (χ4v) is 1.72. The fraction of sp³-hybridized carbons (Fsp3) is 0.308. The van der Waals surface area contributed by atoms with Crippen molar-refractivity contribution in [1.29, 1.82) is 0 Å². The summed E-state index contributed by atoms with van der Waals surface area (Å²) in [6, 6.07) is 4.89. The van der Waals surface area contributed by atoms with Crippen LogP contribution < -0.4 is 10.6 Å². The zero-order chi connectivity index (χ0) is 14.5. The number of carbonyl (C=O) groups is 1. The molecule has 1 aromatic carbocycles. The van der Waals surface area contributed by atoms with Crippen LogP contribution in [0.15, 0.2) is 24.3 Å². The Labute approximate surface area is 115 Å². The summed E-state index contributed by atoms with van der Waals surface area (Å²) in [6.07, 6.45) is 0.661. The van der Waals surface area contributed by atoms with Crippen LogP contribution in [0, 0.1) is 12.7 Å². The molecule has 0 aliphatic heterocycles. The average Bonchev–Trinajstić information content (AvgIpc) is 2.85. The minimum absolute atomic E-state index is 0.277. The van der Waals surface area contributed by atoms with E-state index in [9.17, 15) is 9.18 Å². The molecule has 6 nitrogen and oxygen atoms in total. The number of urea groups is 1. The standard InChI is InChI=1S/C13H16FN5O/c1-3-11(12-15-8(2)18-19-12)17-13(20)16-10-6-4-9(14)5-7-10/h4-7,11H,3H2,1-2H3,(H,15,18,19)(H2,16,17,20). The Morgan fingerprint density at radius 3 is 2.65 bits per heavy atom. The number of benzene rings is 1. The molecule has 0 radical (unpaired) electrons. The third-order valence-electron chi connectivity index (χ3n) is 2.74. The van der Waals surface area contributed by atoms with Crippen LogP contribution in [-0.2, 0) is 0 Å². The quantitative estimate of drug-likeness (QED) is 0.803. The summed E-state index contributed by atoms with van der Waals surface area (Å²) in [4.78, 5) is 16.1. The number of halogens is 1. The number of carbonyl (C=O) groups excluding carboxylic acids is 1. The van der Waals surface area contributed by atoms with Gasteiger partial charge in [0.1, 0.15) is 11.6 Å². The SMILES string of the molecule is CCC(NC(=O)Nc1ccc(F)cc1)c1n[nH]c(C)n1. The van der Waals surface area contributed by atoms with E-state index in [-0.39, 0.29) is 17.9 Å². The highest BCUT2D eigenvalue weighted by Gasteiger charge is 2.16. The number of rotatable bonds is 4. The highest BCUT2D eigenvalue weighted by Crippen LogP contribution is 2.13. The molecule has 106 valence electrons. The Morgan fingerprint density at radius 2 is 2.10 bits per heavy atom. The van der Waals surface area contributed by atoms with Gasteiger partial charge in [0.15, 0.2) is 5.82 Å². The van der Waals surface area contributed by atoms with Gasteiger partial charge in [0.25, 0.3) is 0 Å². The molecule has 1 aromatic heterocycles. The Balaban J connectivity index is 1.97. The third-order valence-corrected chi connectivity index (χ3v) is 2.74. The molecule has 0 spiro atoms. The lowest BCUT2D eigenvalue weighted by atomic mass is 10.2. The van der Waals surface area contributed by atoms with Crippen LogP contribution in [0.4, 0.5) is 14.9 Å². The van der Waals surface area contributed by atoms with Crippen molar-refractivity contribution in [3.8, 4) is 0 Å². The smallest absolute Gasteiger partial charge is 0.319 e. The van der Waals surface area contributed by atoms with Crippen molar-refractivity contribution in [2.24, 2.45) is 0 Å². The minimum Gasteiger partial charge on any atom is -0.328 e. The second-order valence-corrected chi connectivity index (χ2v) is 4.35. The molecule has 0 bridgehead atoms. The number of nitrogens with zero attached hydrogens (tertiary/aromatic N) is 2. The molecule has 1 unspecified atom stereocenters. The summed E-state index contributed by atoms with van der Waals surface area (Å²) < 4.78 is 12.8. The molecule has 3 N–H and O–H groups in total. The van der Waals surface area contributed by atoms with E-state index in [0.717, 1.165) is 0 Å². The van der Waals surface area contributed by atoms with E-state index in [1.165, 1.54) is 24.3 Å². The monoisotopic (exact) mass is 277 g/mol. The van der Waals surface area contributed by atoms with Gasteiger partial charge in [-0.2, -0.15) is 5.10 Å². The van der Waals surface area contributed by atoms with Crippen molar-refractivity contribution in [2.75, 3.05) is 5.32 Å².